The summed E-state index contributed by atoms with van der Waals surface area (Å²) in [5.41, 5.74) is 1.66. The summed E-state index contributed by atoms with van der Waals surface area (Å²) in [6.07, 6.45) is 0. The van der Waals surface area contributed by atoms with Gasteiger partial charge < -0.3 is 4.90 Å². The molecule has 0 radical (unpaired) electrons. The second kappa shape index (κ2) is 7.98. The van der Waals surface area contributed by atoms with Crippen LogP contribution in [0.15, 0.2) is 71.6 Å². The van der Waals surface area contributed by atoms with Gasteiger partial charge in [0, 0.05) is 24.3 Å². The lowest BCUT2D eigenvalue weighted by molar-refractivity contribution is 0.0778. The monoisotopic (exact) mass is 358 g/mol. The predicted molar refractivity (Wildman–Crippen MR) is 100 cm³/mol. The number of likely N-dealkylation sites (N-methyl/N-ethyl adjacent to an activating group) is 1. The van der Waals surface area contributed by atoms with Gasteiger partial charge in [0.15, 0.2) is 0 Å². The molecule has 1 N–H and O–H groups in total. The molecule has 0 aliphatic rings. The van der Waals surface area contributed by atoms with Crippen LogP contribution in [0, 0.1) is 0 Å². The van der Waals surface area contributed by atoms with E-state index in [0.717, 1.165) is 5.57 Å². The molecule has 0 aromatic heterocycles. The van der Waals surface area contributed by atoms with E-state index in [0.29, 0.717) is 24.3 Å². The zero-order valence-electron chi connectivity index (χ0n) is 14.4. The molecule has 2 aromatic carbocycles. The van der Waals surface area contributed by atoms with Crippen molar-refractivity contribution in [3.63, 3.8) is 0 Å². The van der Waals surface area contributed by atoms with Crippen LogP contribution in [-0.2, 0) is 10.0 Å². The van der Waals surface area contributed by atoms with E-state index in [2.05, 4.69) is 11.3 Å². The van der Waals surface area contributed by atoms with Gasteiger partial charge in [0.25, 0.3) is 15.9 Å². The lowest BCUT2D eigenvalue weighted by atomic mass is 10.1. The highest BCUT2D eigenvalue weighted by atomic mass is 32.2. The van der Waals surface area contributed by atoms with Crippen molar-refractivity contribution in [2.45, 2.75) is 18.7 Å². The van der Waals surface area contributed by atoms with Crippen molar-refractivity contribution in [3.05, 3.63) is 72.3 Å². The SMILES string of the molecule is C=C(C)CN(CC)C(=O)c1cccc(NS(=O)(=O)c2ccccc2)c1. The molecule has 0 aliphatic heterocycles. The second-order valence-corrected chi connectivity index (χ2v) is 7.46. The molecular formula is C19H22N2O3S. The zero-order chi connectivity index (χ0) is 18.4. The number of sulfonamides is 1. The number of nitrogens with zero attached hydrogens (tertiary/aromatic N) is 1. The summed E-state index contributed by atoms with van der Waals surface area (Å²) in [6.45, 7) is 8.60. The van der Waals surface area contributed by atoms with Crippen LogP contribution in [0.4, 0.5) is 5.69 Å². The van der Waals surface area contributed by atoms with Crippen LogP contribution in [-0.4, -0.2) is 32.3 Å². The number of carbonyl (C=O) groups is 1. The summed E-state index contributed by atoms with van der Waals surface area (Å²) in [7, 11) is -3.69. The topological polar surface area (TPSA) is 66.5 Å². The Morgan fingerprint density at radius 1 is 1.12 bits per heavy atom. The Labute approximate surface area is 149 Å². The number of amides is 1. The lowest BCUT2D eigenvalue weighted by Gasteiger charge is -2.21. The second-order valence-electron chi connectivity index (χ2n) is 5.78. The average molecular weight is 358 g/mol. The molecule has 0 spiro atoms. The third-order valence-corrected chi connectivity index (χ3v) is 4.94. The van der Waals surface area contributed by atoms with E-state index >= 15 is 0 Å². The Bertz CT molecular complexity index is 861. The van der Waals surface area contributed by atoms with Gasteiger partial charge in [-0.15, -0.1) is 0 Å². The van der Waals surface area contributed by atoms with Crippen LogP contribution in [0.3, 0.4) is 0 Å². The Balaban J connectivity index is 2.24. The summed E-state index contributed by atoms with van der Waals surface area (Å²) in [6, 6.07) is 14.6. The molecule has 2 aromatic rings. The van der Waals surface area contributed by atoms with E-state index in [9.17, 15) is 13.2 Å². The number of carbonyl (C=O) groups excluding carboxylic acids is 1. The third kappa shape index (κ3) is 4.93. The molecule has 0 heterocycles. The Morgan fingerprint density at radius 3 is 2.40 bits per heavy atom. The number of hydrogen-bond donors (Lipinski definition) is 1. The van der Waals surface area contributed by atoms with E-state index in [1.165, 1.54) is 12.1 Å². The molecule has 1 amide bonds. The summed E-state index contributed by atoms with van der Waals surface area (Å²) < 4.78 is 27.3. The first-order valence-electron chi connectivity index (χ1n) is 7.95. The fraction of sp³-hybridized carbons (Fsp3) is 0.211. The molecule has 0 aliphatic carbocycles. The quantitative estimate of drug-likeness (QED) is 0.770. The van der Waals surface area contributed by atoms with Crippen LogP contribution in [0.25, 0.3) is 0 Å². The van der Waals surface area contributed by atoms with E-state index < -0.39 is 10.0 Å². The third-order valence-electron chi connectivity index (χ3n) is 3.54. The molecule has 25 heavy (non-hydrogen) atoms. The Kier molecular flexibility index (Phi) is 5.98. The smallest absolute Gasteiger partial charge is 0.261 e. The van der Waals surface area contributed by atoms with Gasteiger partial charge in [-0.2, -0.15) is 0 Å². The molecule has 6 heteroatoms. The number of anilines is 1. The molecule has 0 saturated heterocycles. The van der Waals surface area contributed by atoms with Gasteiger partial charge in [0.1, 0.15) is 0 Å². The van der Waals surface area contributed by atoms with Gasteiger partial charge in [-0.1, -0.05) is 36.4 Å². The first-order chi connectivity index (χ1) is 11.8. The minimum Gasteiger partial charge on any atom is -0.335 e. The van der Waals surface area contributed by atoms with Gasteiger partial charge in [0.05, 0.1) is 4.90 Å². The van der Waals surface area contributed by atoms with Gasteiger partial charge in [-0.05, 0) is 44.2 Å². The van der Waals surface area contributed by atoms with Crippen LogP contribution < -0.4 is 4.72 Å². The number of benzene rings is 2. The molecule has 2 rings (SSSR count). The maximum absolute atomic E-state index is 12.6. The molecular weight excluding hydrogens is 336 g/mol. The first-order valence-corrected chi connectivity index (χ1v) is 9.43. The number of rotatable bonds is 7. The largest absolute Gasteiger partial charge is 0.335 e. The van der Waals surface area contributed by atoms with Crippen LogP contribution in [0.5, 0.6) is 0 Å². The van der Waals surface area contributed by atoms with Crippen LogP contribution in [0.2, 0.25) is 0 Å². The minimum atomic E-state index is -3.69. The molecule has 0 saturated carbocycles. The normalized spacial score (nSPS) is 11.0. The molecule has 0 fully saturated rings. The predicted octanol–water partition coefficient (Wildman–Crippen LogP) is 3.53. The average Bonchev–Trinajstić information content (AvgIpc) is 2.59. The fourth-order valence-corrected chi connectivity index (χ4v) is 3.44. The van der Waals surface area contributed by atoms with Gasteiger partial charge in [0.2, 0.25) is 0 Å². The summed E-state index contributed by atoms with van der Waals surface area (Å²) in [4.78, 5) is 14.4. The maximum Gasteiger partial charge on any atom is 0.261 e. The molecule has 0 atom stereocenters. The lowest BCUT2D eigenvalue weighted by Crippen LogP contribution is -2.32. The van der Waals surface area contributed by atoms with E-state index in [1.807, 2.05) is 13.8 Å². The molecule has 0 unspecified atom stereocenters. The number of nitrogens with one attached hydrogen (secondary N) is 1. The molecule has 5 nitrogen and oxygen atoms in total. The highest BCUT2D eigenvalue weighted by Gasteiger charge is 2.17. The zero-order valence-corrected chi connectivity index (χ0v) is 15.2. The Morgan fingerprint density at radius 2 is 1.80 bits per heavy atom. The highest BCUT2D eigenvalue weighted by Crippen LogP contribution is 2.18. The van der Waals surface area contributed by atoms with Crippen molar-refractivity contribution in [2.75, 3.05) is 17.8 Å². The van der Waals surface area contributed by atoms with Crippen molar-refractivity contribution in [1.82, 2.24) is 4.90 Å². The standard InChI is InChI=1S/C19H22N2O3S/c1-4-21(14-15(2)3)19(22)16-9-8-10-17(13-16)20-25(23,24)18-11-6-5-7-12-18/h5-13,20H,2,4,14H2,1,3H3. The van der Waals surface area contributed by atoms with Gasteiger partial charge >= 0.3 is 0 Å². The number of hydrogen-bond acceptors (Lipinski definition) is 3. The highest BCUT2D eigenvalue weighted by molar-refractivity contribution is 7.92. The van der Waals surface area contributed by atoms with Crippen molar-refractivity contribution < 1.29 is 13.2 Å². The van der Waals surface area contributed by atoms with E-state index in [1.54, 1.807) is 47.4 Å². The van der Waals surface area contributed by atoms with Gasteiger partial charge in [-0.25, -0.2) is 8.42 Å². The molecule has 0 bridgehead atoms. The Hall–Kier alpha value is -2.60. The van der Waals surface area contributed by atoms with Gasteiger partial charge in [-0.3, -0.25) is 9.52 Å². The van der Waals surface area contributed by atoms with Crippen LogP contribution in [0.1, 0.15) is 24.2 Å². The van der Waals surface area contributed by atoms with Crippen molar-refractivity contribution >= 4 is 21.6 Å². The summed E-state index contributed by atoms with van der Waals surface area (Å²) in [5.74, 6) is -0.161. The van der Waals surface area contributed by atoms with Crippen LogP contribution >= 0.6 is 0 Å². The minimum absolute atomic E-state index is 0.161. The van der Waals surface area contributed by atoms with Crippen molar-refractivity contribution in [3.8, 4) is 0 Å². The van der Waals surface area contributed by atoms with E-state index in [-0.39, 0.29) is 10.8 Å². The van der Waals surface area contributed by atoms with Crippen molar-refractivity contribution in [1.29, 1.82) is 0 Å². The first kappa shape index (κ1) is 18.7. The molecule has 132 valence electrons. The fourth-order valence-electron chi connectivity index (χ4n) is 2.37. The maximum atomic E-state index is 12.6. The van der Waals surface area contributed by atoms with Crippen molar-refractivity contribution in [2.24, 2.45) is 0 Å². The summed E-state index contributed by atoms with van der Waals surface area (Å²) in [5, 5.41) is 0. The summed E-state index contributed by atoms with van der Waals surface area (Å²) >= 11 is 0. The van der Waals surface area contributed by atoms with E-state index in [4.69, 9.17) is 0 Å².